The minimum Gasteiger partial charge on any atom is -0.478 e. The van der Waals surface area contributed by atoms with E-state index < -0.39 is 11.9 Å². The van der Waals surface area contributed by atoms with Gasteiger partial charge in [0.15, 0.2) is 0 Å². The summed E-state index contributed by atoms with van der Waals surface area (Å²) in [5, 5.41) is 10.5. The van der Waals surface area contributed by atoms with Gasteiger partial charge in [-0.1, -0.05) is 12.5 Å². The van der Waals surface area contributed by atoms with E-state index in [2.05, 4.69) is 0 Å². The number of hydroxylamine groups is 2. The van der Waals surface area contributed by atoms with Crippen LogP contribution in [0.5, 0.6) is 0 Å². The molecular formula is C13H17MgNO4. The van der Waals surface area contributed by atoms with Crippen molar-refractivity contribution in [3.63, 3.8) is 0 Å². The number of carbonyl (C=O) groups is 2. The highest BCUT2D eigenvalue weighted by Gasteiger charge is 2.17. The molecule has 0 atom stereocenters. The van der Waals surface area contributed by atoms with Crippen LogP contribution in [0.1, 0.15) is 40.0 Å². The van der Waals surface area contributed by atoms with Crippen LogP contribution in [0.4, 0.5) is 0 Å². The molecular weight excluding hydrogens is 258 g/mol. The Hall–Kier alpha value is -1.11. The number of hydrogen-bond acceptors (Lipinski definition) is 4. The lowest BCUT2D eigenvalue weighted by Gasteiger charge is -2.24. The molecule has 1 saturated heterocycles. The number of nitrogens with zero attached hydrogens (tertiary/aromatic N) is 1. The van der Waals surface area contributed by atoms with E-state index in [1.807, 2.05) is 0 Å². The van der Waals surface area contributed by atoms with Crippen molar-refractivity contribution in [2.75, 3.05) is 13.1 Å². The van der Waals surface area contributed by atoms with Gasteiger partial charge in [0.05, 0.1) is 11.1 Å². The third kappa shape index (κ3) is 4.48. The van der Waals surface area contributed by atoms with Crippen molar-refractivity contribution in [1.29, 1.82) is 0 Å². The molecule has 1 heterocycles. The molecule has 1 N–H and O–H groups in total. The van der Waals surface area contributed by atoms with Gasteiger partial charge in [0.25, 0.3) is 0 Å². The van der Waals surface area contributed by atoms with E-state index in [9.17, 15) is 9.59 Å². The van der Waals surface area contributed by atoms with E-state index in [4.69, 9.17) is 9.94 Å². The average Bonchev–Trinajstić information content (AvgIpc) is 2.40. The fraction of sp³-hybridized carbons (Fsp3) is 0.385. The van der Waals surface area contributed by atoms with Crippen LogP contribution in [0.15, 0.2) is 24.3 Å². The van der Waals surface area contributed by atoms with Gasteiger partial charge in [0.1, 0.15) is 0 Å². The van der Waals surface area contributed by atoms with Crippen molar-refractivity contribution in [2.24, 2.45) is 0 Å². The number of aromatic carboxylic acids is 1. The van der Waals surface area contributed by atoms with Gasteiger partial charge in [0.2, 0.25) is 0 Å². The summed E-state index contributed by atoms with van der Waals surface area (Å²) in [5.74, 6) is -1.55. The Morgan fingerprint density at radius 2 is 1.74 bits per heavy atom. The average molecular weight is 276 g/mol. The maximum absolute atomic E-state index is 11.8. The Bertz CT molecular complexity index is 458. The van der Waals surface area contributed by atoms with Crippen LogP contribution in [-0.4, -0.2) is 58.3 Å². The zero-order valence-electron chi connectivity index (χ0n) is 9.96. The molecule has 100 valence electrons. The Kier molecular flexibility index (Phi) is 6.27. The van der Waals surface area contributed by atoms with Gasteiger partial charge in [-0.2, -0.15) is 0 Å². The zero-order valence-corrected chi connectivity index (χ0v) is 9.96. The van der Waals surface area contributed by atoms with E-state index in [0.29, 0.717) is 0 Å². The van der Waals surface area contributed by atoms with Gasteiger partial charge in [-0.25, -0.2) is 9.59 Å². The summed E-state index contributed by atoms with van der Waals surface area (Å²) in [6.45, 7) is 1.48. The van der Waals surface area contributed by atoms with Crippen LogP contribution >= 0.6 is 0 Å². The van der Waals surface area contributed by atoms with Gasteiger partial charge in [-0.3, -0.25) is 0 Å². The second-order valence-corrected chi connectivity index (χ2v) is 4.25. The van der Waals surface area contributed by atoms with Gasteiger partial charge >= 0.3 is 35.0 Å². The molecule has 1 aromatic carbocycles. The Balaban J connectivity index is 0.00000180. The van der Waals surface area contributed by atoms with Crippen molar-refractivity contribution < 1.29 is 19.5 Å². The topological polar surface area (TPSA) is 66.8 Å². The van der Waals surface area contributed by atoms with Crippen LogP contribution in [0, 0.1) is 0 Å². The molecule has 19 heavy (non-hydrogen) atoms. The van der Waals surface area contributed by atoms with Gasteiger partial charge in [0, 0.05) is 13.1 Å². The molecule has 5 nitrogen and oxygen atoms in total. The summed E-state index contributed by atoms with van der Waals surface area (Å²) >= 11 is 0. The van der Waals surface area contributed by atoms with E-state index in [0.717, 1.165) is 32.4 Å². The summed E-state index contributed by atoms with van der Waals surface area (Å²) in [6.07, 6.45) is 3.19. The molecule has 0 radical (unpaired) electrons. The number of piperidine rings is 1. The molecule has 1 fully saturated rings. The zero-order chi connectivity index (χ0) is 13.0. The monoisotopic (exact) mass is 275 g/mol. The fourth-order valence-corrected chi connectivity index (χ4v) is 1.91. The SMILES string of the molecule is O=C(O)c1cccc(C(=O)ON2CCCCC2)c1.[MgH2]. The van der Waals surface area contributed by atoms with Crippen LogP contribution < -0.4 is 0 Å². The molecule has 0 unspecified atom stereocenters. The van der Waals surface area contributed by atoms with Crippen molar-refractivity contribution in [3.05, 3.63) is 35.4 Å². The van der Waals surface area contributed by atoms with E-state index in [1.165, 1.54) is 18.2 Å². The molecule has 0 aliphatic carbocycles. The normalized spacial score (nSPS) is 15.4. The summed E-state index contributed by atoms with van der Waals surface area (Å²) in [7, 11) is 0. The van der Waals surface area contributed by atoms with Crippen molar-refractivity contribution in [3.8, 4) is 0 Å². The second kappa shape index (κ2) is 7.47. The number of rotatable bonds is 3. The first-order valence-electron chi connectivity index (χ1n) is 5.97. The molecule has 0 amide bonds. The molecule has 0 saturated carbocycles. The van der Waals surface area contributed by atoms with Crippen LogP contribution in [0.25, 0.3) is 0 Å². The van der Waals surface area contributed by atoms with Crippen LogP contribution in [0.3, 0.4) is 0 Å². The standard InChI is InChI=1S/C13H15NO4.Mg.2H/c15-12(16)10-5-4-6-11(9-10)13(17)18-14-7-2-1-3-8-14;;;/h4-6,9H,1-3,7-8H2,(H,15,16);;;. The molecule has 2 rings (SSSR count). The Labute approximate surface area is 127 Å². The molecule has 0 spiro atoms. The third-order valence-corrected chi connectivity index (χ3v) is 2.87. The number of carbonyl (C=O) groups excluding carboxylic acids is 1. The highest BCUT2D eigenvalue weighted by Crippen LogP contribution is 2.12. The Morgan fingerprint density at radius 3 is 2.37 bits per heavy atom. The second-order valence-electron chi connectivity index (χ2n) is 4.25. The predicted molar refractivity (Wildman–Crippen MR) is 72.8 cm³/mol. The van der Waals surface area contributed by atoms with Crippen molar-refractivity contribution >= 4 is 35.0 Å². The van der Waals surface area contributed by atoms with Crippen molar-refractivity contribution in [2.45, 2.75) is 19.3 Å². The summed E-state index contributed by atoms with van der Waals surface area (Å²) in [6, 6.07) is 5.86. The lowest BCUT2D eigenvalue weighted by molar-refractivity contribution is -0.119. The minimum absolute atomic E-state index is 0. The lowest BCUT2D eigenvalue weighted by Crippen LogP contribution is -2.32. The molecule has 1 aliphatic rings. The maximum atomic E-state index is 11.8. The lowest BCUT2D eigenvalue weighted by atomic mass is 10.1. The molecule has 1 aliphatic heterocycles. The summed E-state index contributed by atoms with van der Waals surface area (Å²) in [4.78, 5) is 27.8. The van der Waals surface area contributed by atoms with Crippen molar-refractivity contribution in [1.82, 2.24) is 5.06 Å². The first-order valence-corrected chi connectivity index (χ1v) is 5.97. The molecule has 0 aromatic heterocycles. The number of benzene rings is 1. The smallest absolute Gasteiger partial charge is 0.357 e. The van der Waals surface area contributed by atoms with E-state index >= 15 is 0 Å². The van der Waals surface area contributed by atoms with Crippen LogP contribution in [0.2, 0.25) is 0 Å². The van der Waals surface area contributed by atoms with Gasteiger partial charge < -0.3 is 9.94 Å². The number of carboxylic acid groups (broad SMARTS) is 1. The molecule has 1 aromatic rings. The first-order chi connectivity index (χ1) is 8.66. The Morgan fingerprint density at radius 1 is 1.11 bits per heavy atom. The molecule has 6 heteroatoms. The maximum Gasteiger partial charge on any atom is 0.357 e. The summed E-state index contributed by atoms with van der Waals surface area (Å²) < 4.78 is 0. The quantitative estimate of drug-likeness (QED) is 0.835. The third-order valence-electron chi connectivity index (χ3n) is 2.87. The van der Waals surface area contributed by atoms with Crippen LogP contribution in [-0.2, 0) is 4.84 Å². The highest BCUT2D eigenvalue weighted by atomic mass is 24.3. The summed E-state index contributed by atoms with van der Waals surface area (Å²) in [5.41, 5.74) is 0.351. The van der Waals surface area contributed by atoms with E-state index in [1.54, 1.807) is 11.1 Å². The first kappa shape index (κ1) is 15.9. The fourth-order valence-electron chi connectivity index (χ4n) is 1.91. The number of hydrogen-bond donors (Lipinski definition) is 1. The van der Waals surface area contributed by atoms with E-state index in [-0.39, 0.29) is 34.2 Å². The molecule has 0 bridgehead atoms. The number of carboxylic acids is 1. The largest absolute Gasteiger partial charge is 0.478 e. The highest BCUT2D eigenvalue weighted by molar-refractivity contribution is 5.94. The minimum atomic E-state index is -1.05. The van der Waals surface area contributed by atoms with Gasteiger partial charge in [-0.05, 0) is 31.0 Å². The van der Waals surface area contributed by atoms with Gasteiger partial charge in [-0.15, -0.1) is 5.06 Å². The predicted octanol–water partition coefficient (Wildman–Crippen LogP) is 1.03.